The highest BCUT2D eigenvalue weighted by Crippen LogP contribution is 2.21. The molecule has 0 aliphatic carbocycles. The lowest BCUT2D eigenvalue weighted by molar-refractivity contribution is -0.184. The van der Waals surface area contributed by atoms with E-state index in [9.17, 15) is 0 Å². The predicted octanol–water partition coefficient (Wildman–Crippen LogP) is 1.01. The fourth-order valence-electron chi connectivity index (χ4n) is 2.17. The second-order valence-corrected chi connectivity index (χ2v) is 4.93. The molecule has 0 unspecified atom stereocenters. The van der Waals surface area contributed by atoms with Crippen molar-refractivity contribution >= 4 is 10.0 Å². The van der Waals surface area contributed by atoms with Gasteiger partial charge in [0.25, 0.3) is 0 Å². The van der Waals surface area contributed by atoms with Gasteiger partial charge in [-0.3, -0.25) is 9.80 Å². The Morgan fingerprint density at radius 3 is 1.56 bits per heavy atom. The normalized spacial score (nSPS) is 13.5. The van der Waals surface area contributed by atoms with Gasteiger partial charge in [-0.15, -0.1) is 0 Å². The third-order valence-corrected chi connectivity index (χ3v) is 4.05. The monoisotopic (exact) mass is 248 g/mol. The Morgan fingerprint density at radius 2 is 1.31 bits per heavy atom. The van der Waals surface area contributed by atoms with Crippen molar-refractivity contribution in [1.29, 1.82) is 0 Å². The lowest BCUT2D eigenvalue weighted by Crippen LogP contribution is -2.61. The van der Waals surface area contributed by atoms with E-state index in [2.05, 4.69) is 44.4 Å². The lowest BCUT2D eigenvalue weighted by Gasteiger charge is -2.47. The van der Waals surface area contributed by atoms with Crippen molar-refractivity contribution in [3.05, 3.63) is 0 Å². The van der Waals surface area contributed by atoms with E-state index in [4.69, 9.17) is 8.85 Å². The molecule has 0 N–H and O–H groups in total. The minimum absolute atomic E-state index is 0.310. The van der Waals surface area contributed by atoms with Crippen LogP contribution in [-0.2, 0) is 8.85 Å². The van der Waals surface area contributed by atoms with Crippen molar-refractivity contribution in [2.45, 2.75) is 40.5 Å². The van der Waals surface area contributed by atoms with Gasteiger partial charge in [-0.05, 0) is 33.1 Å². The zero-order chi connectivity index (χ0) is 12.6. The standard InChI is InChI=1S/C11H28N2O2Si/c1-7-12(8-2)11(5,15-16-14-6)13(9-3)10-4/h7-10,16H2,1-6H3. The van der Waals surface area contributed by atoms with Gasteiger partial charge in [0.15, 0.2) is 5.85 Å². The van der Waals surface area contributed by atoms with Gasteiger partial charge in [0.1, 0.15) is 0 Å². The molecule has 98 valence electrons. The van der Waals surface area contributed by atoms with Gasteiger partial charge < -0.3 is 8.85 Å². The van der Waals surface area contributed by atoms with Gasteiger partial charge in [-0.2, -0.15) is 0 Å². The van der Waals surface area contributed by atoms with Gasteiger partial charge >= 0.3 is 10.0 Å². The van der Waals surface area contributed by atoms with E-state index in [0.717, 1.165) is 26.2 Å². The van der Waals surface area contributed by atoms with Crippen LogP contribution in [0.3, 0.4) is 0 Å². The van der Waals surface area contributed by atoms with Crippen LogP contribution in [0.2, 0.25) is 0 Å². The van der Waals surface area contributed by atoms with Crippen LogP contribution in [0.1, 0.15) is 34.6 Å². The summed E-state index contributed by atoms with van der Waals surface area (Å²) in [5.74, 6) is -0.310. The predicted molar refractivity (Wildman–Crippen MR) is 70.9 cm³/mol. The van der Waals surface area contributed by atoms with Gasteiger partial charge in [-0.25, -0.2) is 0 Å². The Labute approximate surface area is 103 Å². The van der Waals surface area contributed by atoms with Crippen molar-refractivity contribution in [3.63, 3.8) is 0 Å². The molecule has 0 saturated carbocycles. The summed E-state index contributed by atoms with van der Waals surface area (Å²) in [5, 5.41) is 0. The quantitative estimate of drug-likeness (QED) is 0.449. The van der Waals surface area contributed by atoms with Crippen LogP contribution in [-0.4, -0.2) is 58.9 Å². The van der Waals surface area contributed by atoms with Crippen LogP contribution in [0.4, 0.5) is 0 Å². The maximum absolute atomic E-state index is 6.04. The second-order valence-electron chi connectivity index (χ2n) is 3.83. The third kappa shape index (κ3) is 3.82. The van der Waals surface area contributed by atoms with E-state index < -0.39 is 10.0 Å². The molecule has 16 heavy (non-hydrogen) atoms. The van der Waals surface area contributed by atoms with E-state index >= 15 is 0 Å². The molecule has 0 amide bonds. The third-order valence-electron chi connectivity index (χ3n) is 3.15. The van der Waals surface area contributed by atoms with Crippen LogP contribution >= 0.6 is 0 Å². The van der Waals surface area contributed by atoms with E-state index in [1.807, 2.05) is 0 Å². The topological polar surface area (TPSA) is 24.9 Å². The molecule has 0 bridgehead atoms. The van der Waals surface area contributed by atoms with Crippen LogP contribution < -0.4 is 0 Å². The lowest BCUT2D eigenvalue weighted by atomic mass is 10.3. The molecular weight excluding hydrogens is 220 g/mol. The molecule has 0 saturated heterocycles. The minimum Gasteiger partial charge on any atom is -0.402 e. The number of hydrogen-bond donors (Lipinski definition) is 0. The largest absolute Gasteiger partial charge is 0.402 e. The molecule has 0 aliphatic heterocycles. The summed E-state index contributed by atoms with van der Waals surface area (Å²) in [6, 6.07) is 0. The summed E-state index contributed by atoms with van der Waals surface area (Å²) in [4.78, 5) is 4.68. The van der Waals surface area contributed by atoms with Gasteiger partial charge in [0.05, 0.1) is 0 Å². The molecule has 0 aliphatic rings. The first kappa shape index (κ1) is 16.1. The van der Waals surface area contributed by atoms with Crippen molar-refractivity contribution in [1.82, 2.24) is 9.80 Å². The molecule has 0 spiro atoms. The first-order valence-corrected chi connectivity index (χ1v) is 7.38. The van der Waals surface area contributed by atoms with E-state index in [1.165, 1.54) is 0 Å². The molecule has 4 nitrogen and oxygen atoms in total. The second kappa shape index (κ2) is 8.19. The van der Waals surface area contributed by atoms with Crippen LogP contribution in [0.5, 0.6) is 0 Å². The molecule has 0 heterocycles. The molecule has 0 aromatic heterocycles. The summed E-state index contributed by atoms with van der Waals surface area (Å²) < 4.78 is 11.2. The molecule has 0 radical (unpaired) electrons. The molecule has 0 rings (SSSR count). The van der Waals surface area contributed by atoms with Gasteiger partial charge in [-0.1, -0.05) is 27.7 Å². The van der Waals surface area contributed by atoms with E-state index in [0.29, 0.717) is 0 Å². The molecule has 0 atom stereocenters. The average Bonchev–Trinajstić information content (AvgIpc) is 2.29. The van der Waals surface area contributed by atoms with Crippen molar-refractivity contribution in [2.24, 2.45) is 0 Å². The average molecular weight is 248 g/mol. The molecule has 0 fully saturated rings. The Balaban J connectivity index is 4.82. The highest BCUT2D eigenvalue weighted by molar-refractivity contribution is 6.18. The summed E-state index contributed by atoms with van der Waals surface area (Å²) in [6.45, 7) is 14.8. The zero-order valence-corrected chi connectivity index (χ0v) is 13.2. The number of hydrogen-bond acceptors (Lipinski definition) is 4. The van der Waals surface area contributed by atoms with Gasteiger partial charge in [0.2, 0.25) is 0 Å². The Bertz CT molecular complexity index is 161. The fourth-order valence-corrected chi connectivity index (χ4v) is 2.88. The molecule has 5 heteroatoms. The zero-order valence-electron chi connectivity index (χ0n) is 11.7. The Morgan fingerprint density at radius 1 is 0.938 bits per heavy atom. The summed E-state index contributed by atoms with van der Waals surface area (Å²) in [5.41, 5.74) is 0. The highest BCUT2D eigenvalue weighted by Gasteiger charge is 2.35. The molecule has 0 aromatic rings. The molecule has 0 aromatic carbocycles. The fraction of sp³-hybridized carbons (Fsp3) is 1.00. The van der Waals surface area contributed by atoms with Crippen molar-refractivity contribution in [3.8, 4) is 0 Å². The number of nitrogens with zero attached hydrogens (tertiary/aromatic N) is 2. The smallest absolute Gasteiger partial charge is 0.307 e. The summed E-state index contributed by atoms with van der Waals surface area (Å²) >= 11 is 0. The van der Waals surface area contributed by atoms with E-state index in [-0.39, 0.29) is 5.85 Å². The highest BCUT2D eigenvalue weighted by atomic mass is 28.3. The maximum atomic E-state index is 6.04. The maximum Gasteiger partial charge on any atom is 0.307 e. The van der Waals surface area contributed by atoms with Crippen molar-refractivity contribution in [2.75, 3.05) is 33.3 Å². The summed E-state index contributed by atoms with van der Waals surface area (Å²) in [7, 11) is 0.831. The van der Waals surface area contributed by atoms with Crippen LogP contribution in [0.15, 0.2) is 0 Å². The Kier molecular flexibility index (Phi) is 8.22. The minimum atomic E-state index is -0.889. The van der Waals surface area contributed by atoms with Crippen LogP contribution in [0.25, 0.3) is 0 Å². The van der Waals surface area contributed by atoms with Crippen molar-refractivity contribution < 1.29 is 8.85 Å². The SMILES string of the molecule is CCN(CC)C(C)(O[SiH2]OC)N(CC)CC. The van der Waals surface area contributed by atoms with Gasteiger partial charge in [0, 0.05) is 7.11 Å². The molecular formula is C11H28N2O2Si. The number of rotatable bonds is 9. The summed E-state index contributed by atoms with van der Waals surface area (Å²) in [6.07, 6.45) is 0. The first-order valence-electron chi connectivity index (χ1n) is 6.23. The van der Waals surface area contributed by atoms with Crippen LogP contribution in [0, 0.1) is 0 Å². The van der Waals surface area contributed by atoms with E-state index in [1.54, 1.807) is 7.11 Å². The first-order chi connectivity index (χ1) is 7.60. The Hall–Kier alpha value is 0.0569.